The van der Waals surface area contributed by atoms with Gasteiger partial charge in [-0.3, -0.25) is 4.79 Å². The van der Waals surface area contributed by atoms with Gasteiger partial charge in [0.05, 0.1) is 16.8 Å². The van der Waals surface area contributed by atoms with E-state index in [0.717, 1.165) is 31.5 Å². The minimum Gasteiger partial charge on any atom is -0.436 e. The van der Waals surface area contributed by atoms with Crippen LogP contribution in [-0.2, 0) is 6.18 Å². The fourth-order valence-corrected chi connectivity index (χ4v) is 4.81. The molecule has 3 heterocycles. The number of alkyl halides is 3. The Bertz CT molecular complexity index is 1590. The number of halogens is 3. The third-order valence-electron chi connectivity index (χ3n) is 7.28. The summed E-state index contributed by atoms with van der Waals surface area (Å²) in [7, 11) is 3.68. The summed E-state index contributed by atoms with van der Waals surface area (Å²) in [5.41, 5.74) is -0.221. The van der Waals surface area contributed by atoms with Crippen LogP contribution >= 0.6 is 0 Å². The normalized spacial score (nSPS) is 17.3. The van der Waals surface area contributed by atoms with Gasteiger partial charge in [-0.2, -0.15) is 18.2 Å². The minimum atomic E-state index is -4.73. The molecule has 224 valence electrons. The quantitative estimate of drug-likeness (QED) is 0.229. The van der Waals surface area contributed by atoms with Gasteiger partial charge in [0.15, 0.2) is 11.6 Å². The van der Waals surface area contributed by atoms with Crippen LogP contribution in [0.1, 0.15) is 35.7 Å². The van der Waals surface area contributed by atoms with Crippen molar-refractivity contribution in [2.75, 3.05) is 36.6 Å². The smallest absolute Gasteiger partial charge is 0.416 e. The number of carbonyl (C=O) groups is 1. The molecule has 2 atom stereocenters. The average molecular weight is 593 g/mol. The monoisotopic (exact) mass is 592 g/mol. The van der Waals surface area contributed by atoms with Gasteiger partial charge in [-0.25, -0.2) is 15.0 Å². The molecule has 0 bridgehead atoms. The summed E-state index contributed by atoms with van der Waals surface area (Å²) in [6.07, 6.45) is -0.500. The second-order valence-electron chi connectivity index (χ2n) is 10.3. The molecule has 3 N–H and O–H groups in total. The van der Waals surface area contributed by atoms with Crippen molar-refractivity contribution < 1.29 is 22.7 Å². The number of hydrogen-bond acceptors (Lipinski definition) is 9. The van der Waals surface area contributed by atoms with E-state index in [9.17, 15) is 18.0 Å². The van der Waals surface area contributed by atoms with E-state index in [1.165, 1.54) is 12.5 Å². The predicted molar refractivity (Wildman–Crippen MR) is 157 cm³/mol. The van der Waals surface area contributed by atoms with Crippen LogP contribution in [-0.4, -0.2) is 63.5 Å². The Balaban J connectivity index is 1.62. The van der Waals surface area contributed by atoms with Crippen molar-refractivity contribution in [3.05, 3.63) is 78.2 Å². The van der Waals surface area contributed by atoms with Crippen LogP contribution in [0.25, 0.3) is 11.4 Å². The van der Waals surface area contributed by atoms with Gasteiger partial charge in [-0.05, 0) is 63.2 Å². The van der Waals surface area contributed by atoms with Gasteiger partial charge >= 0.3 is 6.18 Å². The first-order valence-electron chi connectivity index (χ1n) is 13.7. The highest BCUT2D eigenvalue weighted by Crippen LogP contribution is 2.44. The van der Waals surface area contributed by atoms with Crippen LogP contribution in [0.3, 0.4) is 0 Å². The van der Waals surface area contributed by atoms with Crippen molar-refractivity contribution in [3.63, 3.8) is 0 Å². The van der Waals surface area contributed by atoms with Crippen LogP contribution in [0.5, 0.6) is 11.6 Å². The van der Waals surface area contributed by atoms with E-state index >= 15 is 0 Å². The van der Waals surface area contributed by atoms with E-state index in [0.29, 0.717) is 17.1 Å². The molecule has 1 aliphatic heterocycles. The molecule has 0 saturated carbocycles. The van der Waals surface area contributed by atoms with Gasteiger partial charge < -0.3 is 25.6 Å². The molecule has 1 amide bonds. The Hall–Kier alpha value is -4.78. The molecule has 0 radical (unpaired) electrons. The summed E-state index contributed by atoms with van der Waals surface area (Å²) >= 11 is 0. The maximum atomic E-state index is 14.2. The predicted octanol–water partition coefficient (Wildman–Crippen LogP) is 5.93. The first kappa shape index (κ1) is 29.7. The molecule has 10 nitrogen and oxygen atoms in total. The molecule has 43 heavy (non-hydrogen) atoms. The molecule has 0 aliphatic carbocycles. The van der Waals surface area contributed by atoms with E-state index < -0.39 is 17.6 Å². The molecule has 1 aliphatic rings. The standard InChI is InChI=1S/C30H31F3N8O2/c1-18-14-21(11-13-41(18)3)38-25-23(39-27(42)19-8-5-4-6-9-19)15-20(30(31,32)33)16-24(25)43-28-22(10-7-12-35-28)26-36-17-37-29(34-2)40-26/h4-10,12,15-18,21,38H,11,13-14H2,1-3H3,(H,39,42)(H,34,36,37,40). The molecule has 5 rings (SSSR count). The van der Waals surface area contributed by atoms with E-state index in [1.807, 2.05) is 7.05 Å². The number of amides is 1. The summed E-state index contributed by atoms with van der Waals surface area (Å²) < 4.78 is 48.8. The number of carbonyl (C=O) groups excluding carboxylic acids is 1. The Labute approximate surface area is 246 Å². The van der Waals surface area contributed by atoms with Crippen LogP contribution in [0, 0.1) is 0 Å². The lowest BCUT2D eigenvalue weighted by Crippen LogP contribution is -2.42. The maximum absolute atomic E-state index is 14.2. The molecule has 4 aromatic rings. The highest BCUT2D eigenvalue weighted by Gasteiger charge is 2.34. The third kappa shape index (κ3) is 7.00. The van der Waals surface area contributed by atoms with Gasteiger partial charge in [0.25, 0.3) is 5.91 Å². The minimum absolute atomic E-state index is 0.0183. The summed E-state index contributed by atoms with van der Waals surface area (Å²) in [6.45, 7) is 2.88. The number of pyridine rings is 1. The number of piperidine rings is 1. The van der Waals surface area contributed by atoms with Crippen LogP contribution in [0.4, 0.5) is 30.5 Å². The van der Waals surface area contributed by atoms with Crippen LogP contribution < -0.4 is 20.7 Å². The molecule has 1 saturated heterocycles. The van der Waals surface area contributed by atoms with Crippen molar-refractivity contribution in [1.82, 2.24) is 24.8 Å². The van der Waals surface area contributed by atoms with Crippen LogP contribution in [0.15, 0.2) is 67.1 Å². The van der Waals surface area contributed by atoms with Gasteiger partial charge in [0.1, 0.15) is 12.0 Å². The number of ether oxygens (including phenoxy) is 1. The first-order valence-corrected chi connectivity index (χ1v) is 13.7. The average Bonchev–Trinajstić information content (AvgIpc) is 3.00. The van der Waals surface area contributed by atoms with E-state index in [4.69, 9.17) is 4.74 Å². The lowest BCUT2D eigenvalue weighted by molar-refractivity contribution is -0.137. The third-order valence-corrected chi connectivity index (χ3v) is 7.28. The number of nitrogens with one attached hydrogen (secondary N) is 3. The Morgan fingerprint density at radius 3 is 2.58 bits per heavy atom. The molecule has 2 aromatic heterocycles. The van der Waals surface area contributed by atoms with Crippen molar-refractivity contribution in [1.29, 1.82) is 0 Å². The van der Waals surface area contributed by atoms with Gasteiger partial charge in [0, 0.05) is 37.4 Å². The number of anilines is 3. The molecule has 1 fully saturated rings. The first-order chi connectivity index (χ1) is 20.6. The van der Waals surface area contributed by atoms with Crippen LogP contribution in [0.2, 0.25) is 0 Å². The number of nitrogens with zero attached hydrogens (tertiary/aromatic N) is 5. The van der Waals surface area contributed by atoms with Crippen molar-refractivity contribution >= 4 is 23.2 Å². The highest BCUT2D eigenvalue weighted by atomic mass is 19.4. The SMILES string of the molecule is CNc1ncnc(-c2cccnc2Oc2cc(C(F)(F)F)cc(NC(=O)c3ccccc3)c2NC2CCN(C)C(C)C2)n1. The second kappa shape index (κ2) is 12.6. The lowest BCUT2D eigenvalue weighted by atomic mass is 9.98. The number of benzene rings is 2. The summed E-state index contributed by atoms with van der Waals surface area (Å²) in [5, 5.41) is 8.90. The number of likely N-dealkylation sites (tertiary alicyclic amines) is 1. The Morgan fingerprint density at radius 1 is 1.07 bits per heavy atom. The summed E-state index contributed by atoms with van der Waals surface area (Å²) in [4.78, 5) is 32.2. The molecular formula is C30H31F3N8O2. The fraction of sp³-hybridized carbons (Fsp3) is 0.300. The van der Waals surface area contributed by atoms with Crippen molar-refractivity contribution in [3.8, 4) is 23.0 Å². The zero-order valence-electron chi connectivity index (χ0n) is 23.8. The van der Waals surface area contributed by atoms with Gasteiger partial charge in [0.2, 0.25) is 11.8 Å². The topological polar surface area (TPSA) is 117 Å². The number of aromatic nitrogens is 4. The Kier molecular flexibility index (Phi) is 8.71. The van der Waals surface area contributed by atoms with Crippen molar-refractivity contribution in [2.45, 2.75) is 38.0 Å². The summed E-state index contributed by atoms with van der Waals surface area (Å²) in [5.74, 6) is -0.231. The van der Waals surface area contributed by atoms with Gasteiger partial charge in [-0.1, -0.05) is 18.2 Å². The van der Waals surface area contributed by atoms with Crippen molar-refractivity contribution in [2.24, 2.45) is 0 Å². The van der Waals surface area contributed by atoms with E-state index in [-0.39, 0.29) is 40.9 Å². The zero-order valence-corrected chi connectivity index (χ0v) is 23.8. The lowest BCUT2D eigenvalue weighted by Gasteiger charge is -2.36. The summed E-state index contributed by atoms with van der Waals surface area (Å²) in [6, 6.07) is 13.5. The largest absolute Gasteiger partial charge is 0.436 e. The second-order valence-corrected chi connectivity index (χ2v) is 10.3. The molecule has 2 unspecified atom stereocenters. The molecule has 0 spiro atoms. The highest BCUT2D eigenvalue weighted by molar-refractivity contribution is 6.06. The van der Waals surface area contributed by atoms with E-state index in [2.05, 4.69) is 47.7 Å². The maximum Gasteiger partial charge on any atom is 0.416 e. The number of hydrogen-bond donors (Lipinski definition) is 3. The van der Waals surface area contributed by atoms with Gasteiger partial charge in [-0.15, -0.1) is 0 Å². The molecule has 2 aromatic carbocycles. The van der Waals surface area contributed by atoms with E-state index in [1.54, 1.807) is 49.5 Å². The Morgan fingerprint density at radius 2 is 1.86 bits per heavy atom. The number of rotatable bonds is 8. The fourth-order valence-electron chi connectivity index (χ4n) is 4.81. The zero-order chi connectivity index (χ0) is 30.6. The molecular weight excluding hydrogens is 561 g/mol. The molecule has 13 heteroatoms.